The Balaban J connectivity index is 1.04. The molecule has 0 bridgehead atoms. The van der Waals surface area contributed by atoms with Crippen LogP contribution in [0.4, 0.5) is 0 Å². The summed E-state index contributed by atoms with van der Waals surface area (Å²) in [5.74, 6) is -2.97. The Kier molecular flexibility index (Phi) is 18.2. The highest BCUT2D eigenvalue weighted by molar-refractivity contribution is 5.87. The van der Waals surface area contributed by atoms with Crippen molar-refractivity contribution in [2.75, 3.05) is 26.4 Å². The molecule has 0 radical (unpaired) electrons. The maximum absolute atomic E-state index is 13.4. The van der Waals surface area contributed by atoms with Crippen LogP contribution in [0, 0.1) is 50.2 Å². The number of rotatable bonds is 13. The first kappa shape index (κ1) is 64.1. The van der Waals surface area contributed by atoms with Gasteiger partial charge < -0.3 is 114 Å². The van der Waals surface area contributed by atoms with E-state index in [0.717, 1.165) is 5.57 Å². The lowest BCUT2D eigenvalue weighted by Gasteiger charge is -2.73. The highest BCUT2D eigenvalue weighted by atomic mass is 16.8. The van der Waals surface area contributed by atoms with Crippen molar-refractivity contribution in [2.24, 2.45) is 50.2 Å². The van der Waals surface area contributed by atoms with Gasteiger partial charge in [-0.05, 0) is 98.2 Å². The van der Waals surface area contributed by atoms with E-state index in [1.807, 2.05) is 20.8 Å². The van der Waals surface area contributed by atoms with Crippen molar-refractivity contribution in [1.82, 2.24) is 0 Å². The van der Waals surface area contributed by atoms with E-state index >= 15 is 0 Å². The summed E-state index contributed by atoms with van der Waals surface area (Å²) in [5, 5.41) is 156. The topological polar surface area (TPSA) is 400 Å². The first-order valence-corrected chi connectivity index (χ1v) is 28.9. The van der Waals surface area contributed by atoms with Crippen LogP contribution >= 0.6 is 0 Å². The number of esters is 1. The summed E-state index contributed by atoms with van der Waals surface area (Å²) in [4.78, 5) is 26.6. The van der Waals surface area contributed by atoms with E-state index in [1.54, 1.807) is 19.9 Å². The monoisotopic (exact) mass is 1170 g/mol. The minimum Gasteiger partial charge on any atom is -0.479 e. The van der Waals surface area contributed by atoms with Crippen LogP contribution in [0.5, 0.6) is 0 Å². The number of ether oxygens (including phenoxy) is 9. The van der Waals surface area contributed by atoms with E-state index in [1.165, 1.54) is 0 Å². The van der Waals surface area contributed by atoms with E-state index in [-0.39, 0.29) is 17.3 Å². The van der Waals surface area contributed by atoms with Crippen molar-refractivity contribution in [3.8, 4) is 0 Å². The molecule has 0 unspecified atom stereocenters. The van der Waals surface area contributed by atoms with Crippen LogP contribution in [0.3, 0.4) is 0 Å². The molecule has 25 heteroatoms. The van der Waals surface area contributed by atoms with Crippen molar-refractivity contribution in [1.29, 1.82) is 0 Å². The second-order valence-corrected chi connectivity index (χ2v) is 27.1. The molecule has 4 saturated carbocycles. The van der Waals surface area contributed by atoms with Gasteiger partial charge in [-0.25, -0.2) is 9.59 Å². The second kappa shape index (κ2) is 23.3. The average molecular weight is 1180 g/mol. The largest absolute Gasteiger partial charge is 0.479 e. The number of hydrogen-bond acceptors (Lipinski definition) is 24. The fourth-order valence-electron chi connectivity index (χ4n) is 16.8. The van der Waals surface area contributed by atoms with Crippen molar-refractivity contribution < 1.29 is 124 Å². The van der Waals surface area contributed by atoms with Gasteiger partial charge in [-0.15, -0.1) is 0 Å². The number of aliphatic hydroxyl groups is 13. The van der Waals surface area contributed by atoms with Gasteiger partial charge in [0.1, 0.15) is 85.5 Å². The van der Waals surface area contributed by atoms with Gasteiger partial charge in [0.2, 0.25) is 0 Å². The van der Waals surface area contributed by atoms with Crippen LogP contribution in [-0.4, -0.2) is 245 Å². The highest BCUT2D eigenvalue weighted by Gasteiger charge is 2.75. The zero-order valence-corrected chi connectivity index (χ0v) is 48.1. The average Bonchev–Trinajstić information content (AvgIpc) is 2.04. The molecule has 4 heterocycles. The third-order valence-corrected chi connectivity index (χ3v) is 21.9. The predicted octanol–water partition coefficient (Wildman–Crippen LogP) is -1.76. The number of carbonyl (C=O) groups is 2. The molecule has 9 rings (SSSR count). The zero-order chi connectivity index (χ0) is 60.3. The van der Waals surface area contributed by atoms with Gasteiger partial charge in [0.05, 0.1) is 50.2 Å². The SMILES string of the molecule is C/C=C(/C)C(=O)O[C@H]1CC(C)(C)C[C@@H]2C3=CC[C@@H]4[C@@]5(C)CC[C@H](O[C@@H]6O[C@H](C(=O)O)[C@@H](O)[C@H](O[C@@H]7OC[C@H](O)[C@H](O)[C@H]7O[C@@H]7OC[C@@H](O)[C@H](O)[C@H]7O)[C@H]6O[C@@H]6O[C@H](CO)[C@H](O)[C@H](O)[C@H]6O)C(C)(C)[C@@H]5CC[C@@]4(C)[C@]3(C)[C@@H](O)[C@@H](O)[C@@]12CO. The quantitative estimate of drug-likeness (QED) is 0.0420. The van der Waals surface area contributed by atoms with Crippen molar-refractivity contribution in [3.63, 3.8) is 0 Å². The summed E-state index contributed by atoms with van der Waals surface area (Å²) in [5.41, 5.74) is -3.44. The number of fused-ring (bicyclic) bond motifs is 7. The van der Waals surface area contributed by atoms with Crippen LogP contribution in [0.1, 0.15) is 107 Å². The van der Waals surface area contributed by atoms with Crippen molar-refractivity contribution in [2.45, 2.75) is 242 Å². The summed E-state index contributed by atoms with van der Waals surface area (Å²) in [6.07, 6.45) is -30.9. The highest BCUT2D eigenvalue weighted by Crippen LogP contribution is 2.76. The Bertz CT molecular complexity index is 2370. The zero-order valence-electron chi connectivity index (χ0n) is 48.1. The fraction of sp³-hybridized carbons (Fsp3) is 0.895. The number of carboxylic acid groups (broad SMARTS) is 1. The molecule has 4 saturated heterocycles. The van der Waals surface area contributed by atoms with Crippen LogP contribution in [0.2, 0.25) is 0 Å². The molecule has 25 nitrogen and oxygen atoms in total. The Morgan fingerprint density at radius 1 is 0.646 bits per heavy atom. The van der Waals surface area contributed by atoms with Gasteiger partial charge >= 0.3 is 11.9 Å². The van der Waals surface area contributed by atoms with E-state index in [9.17, 15) is 81.1 Å². The summed E-state index contributed by atoms with van der Waals surface area (Å²) < 4.78 is 54.7. The standard InChI is InChI=1S/C57H90O25/c1-10-23(2)47(73)77-32-18-52(3,4)17-25-24-11-12-30-54(7)15-14-31(53(5,6)29(54)13-16-55(30,8)56(24,9)44(69)45(70)57(25,32)22-59)78-51-43(82-49-38(67)36(65)35(64)28(19-58)76-49)40(39(68)41(80-51)46(71)72)79-50-42(34(63)27(61)21-75-50)81-48-37(66)33(62)26(60)20-74-48/h10-11,25-45,48-51,58-70H,12-22H2,1-9H3,(H,71,72)/b23-10-/t25-,26-,27+,28-,29+,30-,31+,32+,33+,34+,35+,36+,37-,38-,39+,40+,41+,42-,43-,44+,45-,48+,49+,50+,51-,54+,55-,56+,57-/m1/s1. The van der Waals surface area contributed by atoms with Gasteiger partial charge in [-0.2, -0.15) is 0 Å². The molecule has 29 atom stereocenters. The van der Waals surface area contributed by atoms with Gasteiger partial charge in [-0.1, -0.05) is 66.2 Å². The molecular weight excluding hydrogens is 1080 g/mol. The van der Waals surface area contributed by atoms with E-state index in [2.05, 4.69) is 33.8 Å². The molecule has 0 aromatic carbocycles. The number of hydrogen-bond donors (Lipinski definition) is 14. The van der Waals surface area contributed by atoms with Gasteiger partial charge in [-0.3, -0.25) is 0 Å². The minimum atomic E-state index is -2.21. The van der Waals surface area contributed by atoms with Crippen LogP contribution in [0.15, 0.2) is 23.3 Å². The number of carbonyl (C=O) groups excluding carboxylic acids is 1. The second-order valence-electron chi connectivity index (χ2n) is 27.1. The van der Waals surface area contributed by atoms with Crippen molar-refractivity contribution in [3.05, 3.63) is 23.3 Å². The molecule has 82 heavy (non-hydrogen) atoms. The van der Waals surface area contributed by atoms with E-state index in [0.29, 0.717) is 50.5 Å². The normalized spacial score (nSPS) is 52.0. The van der Waals surface area contributed by atoms with Gasteiger partial charge in [0.15, 0.2) is 31.3 Å². The third-order valence-electron chi connectivity index (χ3n) is 21.9. The predicted molar refractivity (Wildman–Crippen MR) is 279 cm³/mol. The Morgan fingerprint density at radius 3 is 1.90 bits per heavy atom. The van der Waals surface area contributed by atoms with Crippen LogP contribution in [0.25, 0.3) is 0 Å². The number of carboxylic acids is 1. The maximum atomic E-state index is 13.4. The molecule has 0 spiro atoms. The summed E-state index contributed by atoms with van der Waals surface area (Å²) in [7, 11) is 0. The Labute approximate surface area is 476 Å². The number of aliphatic carboxylic acids is 1. The van der Waals surface area contributed by atoms with Crippen LogP contribution < -0.4 is 0 Å². The van der Waals surface area contributed by atoms with Crippen LogP contribution in [-0.2, 0) is 52.2 Å². The van der Waals surface area contributed by atoms with Crippen molar-refractivity contribution >= 4 is 11.9 Å². The molecule has 8 fully saturated rings. The Morgan fingerprint density at radius 2 is 1.27 bits per heavy atom. The number of aliphatic hydroxyl groups excluding tert-OH is 13. The summed E-state index contributed by atoms with van der Waals surface area (Å²) in [6, 6.07) is 0. The smallest absolute Gasteiger partial charge is 0.335 e. The van der Waals surface area contributed by atoms with Gasteiger partial charge in [0.25, 0.3) is 0 Å². The molecule has 468 valence electrons. The molecule has 0 amide bonds. The lowest BCUT2D eigenvalue weighted by molar-refractivity contribution is -0.399. The Hall–Kier alpha value is -2.42. The lowest BCUT2D eigenvalue weighted by Crippen LogP contribution is -2.74. The molecule has 0 aromatic rings. The molecule has 5 aliphatic carbocycles. The first-order chi connectivity index (χ1) is 38.3. The fourth-order valence-corrected chi connectivity index (χ4v) is 16.8. The number of allylic oxidation sites excluding steroid dienone is 2. The third kappa shape index (κ3) is 10.3. The minimum absolute atomic E-state index is 0.107. The van der Waals surface area contributed by atoms with Gasteiger partial charge in [0, 0.05) is 11.0 Å². The van der Waals surface area contributed by atoms with E-state index in [4.69, 9.17) is 42.6 Å². The molecule has 4 aliphatic heterocycles. The molecule has 9 aliphatic rings. The molecular formula is C57H90O25. The first-order valence-electron chi connectivity index (χ1n) is 28.9. The maximum Gasteiger partial charge on any atom is 0.335 e. The summed E-state index contributed by atoms with van der Waals surface area (Å²) >= 11 is 0. The molecule has 14 N–H and O–H groups in total. The molecule has 0 aromatic heterocycles. The summed E-state index contributed by atoms with van der Waals surface area (Å²) in [6.45, 7) is 15.5. The van der Waals surface area contributed by atoms with E-state index < -0.39 is 206 Å². The lowest BCUT2D eigenvalue weighted by atomic mass is 9.32.